The van der Waals surface area contributed by atoms with Crippen molar-refractivity contribution >= 4 is 21.9 Å². The van der Waals surface area contributed by atoms with E-state index in [1.165, 1.54) is 0 Å². The lowest BCUT2D eigenvalue weighted by atomic mass is 10.00. The van der Waals surface area contributed by atoms with Crippen LogP contribution in [0.4, 0.5) is 8.78 Å². The summed E-state index contributed by atoms with van der Waals surface area (Å²) in [6.07, 6.45) is 0.374. The number of carbonyl (C=O) groups is 1. The third-order valence-corrected chi connectivity index (χ3v) is 3.58. The quantitative estimate of drug-likeness (QED) is 0.825. The smallest absolute Gasteiger partial charge is 0.307 e. The minimum absolute atomic E-state index is 0.263. The molecule has 2 N–H and O–H groups in total. The van der Waals surface area contributed by atoms with Crippen LogP contribution in [-0.4, -0.2) is 17.6 Å². The summed E-state index contributed by atoms with van der Waals surface area (Å²) in [6, 6.07) is 1.89. The van der Waals surface area contributed by atoms with Crippen LogP contribution < -0.4 is 5.32 Å². The molecule has 1 aromatic rings. The maximum atomic E-state index is 13.1. The lowest BCUT2D eigenvalue weighted by Gasteiger charge is -2.13. The van der Waals surface area contributed by atoms with Gasteiger partial charge in [-0.1, -0.05) is 15.9 Å². The highest BCUT2D eigenvalue weighted by atomic mass is 79.9. The van der Waals surface area contributed by atoms with E-state index in [0.717, 1.165) is 12.1 Å². The van der Waals surface area contributed by atoms with Crippen molar-refractivity contribution in [1.82, 2.24) is 5.32 Å². The van der Waals surface area contributed by atoms with Crippen molar-refractivity contribution < 1.29 is 18.7 Å². The summed E-state index contributed by atoms with van der Waals surface area (Å²) >= 11 is 3.15. The van der Waals surface area contributed by atoms with Crippen LogP contribution in [0.15, 0.2) is 16.6 Å². The van der Waals surface area contributed by atoms with Crippen LogP contribution in [0, 0.1) is 17.6 Å². The Kier molecular flexibility index (Phi) is 3.44. The predicted octanol–water partition coefficient (Wildman–Crippen LogP) is 2.46. The Morgan fingerprint density at radius 1 is 1.41 bits per heavy atom. The van der Waals surface area contributed by atoms with Crippen molar-refractivity contribution in [2.75, 3.05) is 6.54 Å². The van der Waals surface area contributed by atoms with Gasteiger partial charge in [-0.15, -0.1) is 0 Å². The van der Waals surface area contributed by atoms with E-state index in [4.69, 9.17) is 5.11 Å². The van der Waals surface area contributed by atoms with Gasteiger partial charge >= 0.3 is 5.97 Å². The maximum absolute atomic E-state index is 13.1. The van der Waals surface area contributed by atoms with Gasteiger partial charge in [-0.25, -0.2) is 8.78 Å². The number of halogens is 3. The molecule has 2 atom stereocenters. The zero-order valence-electron chi connectivity index (χ0n) is 8.71. The van der Waals surface area contributed by atoms with Crippen molar-refractivity contribution in [3.8, 4) is 0 Å². The SMILES string of the molecule is O=C(O)C1CNC(c2cc(F)c(F)cc2Br)C1. The maximum Gasteiger partial charge on any atom is 0.307 e. The van der Waals surface area contributed by atoms with Crippen molar-refractivity contribution in [3.05, 3.63) is 33.8 Å². The molecule has 1 aromatic carbocycles. The monoisotopic (exact) mass is 305 g/mol. The topological polar surface area (TPSA) is 49.3 Å². The van der Waals surface area contributed by atoms with Gasteiger partial charge in [0.25, 0.3) is 0 Å². The van der Waals surface area contributed by atoms with Crippen LogP contribution in [0.2, 0.25) is 0 Å². The average Bonchev–Trinajstić information content (AvgIpc) is 2.72. The zero-order chi connectivity index (χ0) is 12.6. The Morgan fingerprint density at radius 3 is 2.65 bits per heavy atom. The predicted molar refractivity (Wildman–Crippen MR) is 60.5 cm³/mol. The fourth-order valence-electron chi connectivity index (χ4n) is 1.97. The van der Waals surface area contributed by atoms with E-state index < -0.39 is 23.5 Å². The summed E-state index contributed by atoms with van der Waals surface area (Å²) in [4.78, 5) is 10.8. The number of rotatable bonds is 2. The second kappa shape index (κ2) is 4.70. The second-order valence-electron chi connectivity index (χ2n) is 4.02. The highest BCUT2D eigenvalue weighted by Crippen LogP contribution is 2.33. The Bertz CT molecular complexity index is 467. The normalized spacial score (nSPS) is 23.9. The molecular formula is C11H10BrF2NO2. The van der Waals surface area contributed by atoms with Gasteiger partial charge in [0, 0.05) is 17.1 Å². The summed E-state index contributed by atoms with van der Waals surface area (Å²) in [7, 11) is 0. The number of aliphatic carboxylic acids is 1. The number of hydrogen-bond donors (Lipinski definition) is 2. The number of hydrogen-bond acceptors (Lipinski definition) is 2. The summed E-state index contributed by atoms with van der Waals surface area (Å²) in [6.45, 7) is 0.339. The van der Waals surface area contributed by atoms with Gasteiger partial charge < -0.3 is 10.4 Å². The first-order valence-corrected chi connectivity index (χ1v) is 5.89. The molecule has 1 heterocycles. The van der Waals surface area contributed by atoms with Gasteiger partial charge in [-0.2, -0.15) is 0 Å². The van der Waals surface area contributed by atoms with Gasteiger partial charge in [0.2, 0.25) is 0 Å². The number of nitrogens with one attached hydrogen (secondary N) is 1. The number of carboxylic acids is 1. The molecule has 17 heavy (non-hydrogen) atoms. The van der Waals surface area contributed by atoms with Crippen LogP contribution in [0.25, 0.3) is 0 Å². The molecule has 0 aromatic heterocycles. The molecule has 0 saturated carbocycles. The highest BCUT2D eigenvalue weighted by molar-refractivity contribution is 9.10. The summed E-state index contributed by atoms with van der Waals surface area (Å²) in [5.74, 6) is -3.21. The Morgan fingerprint density at radius 2 is 2.06 bits per heavy atom. The third kappa shape index (κ3) is 2.47. The van der Waals surface area contributed by atoms with Crippen molar-refractivity contribution in [1.29, 1.82) is 0 Å². The largest absolute Gasteiger partial charge is 0.481 e. The van der Waals surface area contributed by atoms with E-state index in [2.05, 4.69) is 21.2 Å². The van der Waals surface area contributed by atoms with Gasteiger partial charge in [-0.05, 0) is 24.1 Å². The fourth-order valence-corrected chi connectivity index (χ4v) is 2.56. The Labute approximate surface area is 105 Å². The minimum atomic E-state index is -0.927. The minimum Gasteiger partial charge on any atom is -0.481 e. The molecule has 0 amide bonds. The molecule has 2 rings (SSSR count). The molecule has 2 unspecified atom stereocenters. The molecule has 1 aliphatic rings. The first-order valence-electron chi connectivity index (χ1n) is 5.09. The van der Waals surface area contributed by atoms with Gasteiger partial charge in [0.05, 0.1) is 5.92 Å². The molecule has 3 nitrogen and oxygen atoms in total. The lowest BCUT2D eigenvalue weighted by Crippen LogP contribution is -2.17. The van der Waals surface area contributed by atoms with Crippen molar-refractivity contribution in [3.63, 3.8) is 0 Å². The third-order valence-electron chi connectivity index (χ3n) is 2.90. The van der Waals surface area contributed by atoms with E-state index in [1.807, 2.05) is 0 Å². The summed E-state index contributed by atoms with van der Waals surface area (Å²) < 4.78 is 26.5. The van der Waals surface area contributed by atoms with E-state index in [-0.39, 0.29) is 6.04 Å². The molecule has 1 aliphatic heterocycles. The van der Waals surface area contributed by atoms with Gasteiger partial charge in [-0.3, -0.25) is 4.79 Å². The number of carboxylic acid groups (broad SMARTS) is 1. The summed E-state index contributed by atoms with van der Waals surface area (Å²) in [5, 5.41) is 11.9. The highest BCUT2D eigenvalue weighted by Gasteiger charge is 2.31. The van der Waals surface area contributed by atoms with Crippen LogP contribution >= 0.6 is 15.9 Å². The fraction of sp³-hybridized carbons (Fsp3) is 0.364. The van der Waals surface area contributed by atoms with Crippen molar-refractivity contribution in [2.45, 2.75) is 12.5 Å². The van der Waals surface area contributed by atoms with Crippen LogP contribution in [0.1, 0.15) is 18.0 Å². The van der Waals surface area contributed by atoms with Gasteiger partial charge in [0.1, 0.15) is 0 Å². The Balaban J connectivity index is 2.24. The molecule has 0 spiro atoms. The van der Waals surface area contributed by atoms with Crippen LogP contribution in [0.5, 0.6) is 0 Å². The molecule has 0 aliphatic carbocycles. The van der Waals surface area contributed by atoms with Crippen LogP contribution in [-0.2, 0) is 4.79 Å². The molecular weight excluding hydrogens is 296 g/mol. The zero-order valence-corrected chi connectivity index (χ0v) is 10.3. The Hall–Kier alpha value is -1.01. The second-order valence-corrected chi connectivity index (χ2v) is 4.87. The van der Waals surface area contributed by atoms with E-state index in [0.29, 0.717) is 23.0 Å². The van der Waals surface area contributed by atoms with Gasteiger partial charge in [0.15, 0.2) is 11.6 Å². The van der Waals surface area contributed by atoms with Crippen molar-refractivity contribution in [2.24, 2.45) is 5.92 Å². The van der Waals surface area contributed by atoms with E-state index in [9.17, 15) is 13.6 Å². The summed E-state index contributed by atoms with van der Waals surface area (Å²) in [5.41, 5.74) is 0.549. The molecule has 1 saturated heterocycles. The molecule has 0 bridgehead atoms. The number of benzene rings is 1. The lowest BCUT2D eigenvalue weighted by molar-refractivity contribution is -0.141. The molecule has 92 valence electrons. The van der Waals surface area contributed by atoms with E-state index >= 15 is 0 Å². The molecule has 6 heteroatoms. The van der Waals surface area contributed by atoms with E-state index in [1.54, 1.807) is 0 Å². The standard InChI is InChI=1S/C11H10BrF2NO2/c12-7-3-9(14)8(13)2-6(7)10-1-5(4-15-10)11(16)17/h2-3,5,10,15H,1,4H2,(H,16,17). The first kappa shape index (κ1) is 12.4. The first-order chi connectivity index (χ1) is 7.99. The molecule has 1 fully saturated rings. The average molecular weight is 306 g/mol. The van der Waals surface area contributed by atoms with Crippen LogP contribution in [0.3, 0.4) is 0 Å². The molecule has 0 radical (unpaired) electrons.